The average Bonchev–Trinajstić information content (AvgIpc) is 2.89. The Labute approximate surface area is 207 Å². The standard InChI is InChI=1S/C26H24N4O6/c1-2-34-26(31)36-22-13-15-29(16-14-22)25-23(30(32)33)11-12-24(28-25)35-21-9-7-20(8-10-21)19-5-3-18(17-27)4-6-19/h3-12,22H,2,13-16H2,1H3. The fourth-order valence-corrected chi connectivity index (χ4v) is 3.90. The van der Waals surface area contributed by atoms with E-state index < -0.39 is 11.1 Å². The zero-order valence-corrected chi connectivity index (χ0v) is 19.6. The van der Waals surface area contributed by atoms with Crippen LogP contribution in [0, 0.1) is 21.4 Å². The molecule has 1 aliphatic rings. The summed E-state index contributed by atoms with van der Waals surface area (Å²) in [5, 5.41) is 20.6. The molecule has 2 aromatic carbocycles. The van der Waals surface area contributed by atoms with E-state index in [1.54, 1.807) is 36.1 Å². The molecule has 0 spiro atoms. The van der Waals surface area contributed by atoms with Gasteiger partial charge in [-0.15, -0.1) is 0 Å². The van der Waals surface area contributed by atoms with E-state index in [2.05, 4.69) is 11.1 Å². The molecule has 0 unspecified atom stereocenters. The highest BCUT2D eigenvalue weighted by Gasteiger charge is 2.28. The molecular formula is C26H24N4O6. The summed E-state index contributed by atoms with van der Waals surface area (Å²) in [6.45, 7) is 2.80. The van der Waals surface area contributed by atoms with Crippen molar-refractivity contribution >= 4 is 17.7 Å². The smallest absolute Gasteiger partial charge is 0.439 e. The van der Waals surface area contributed by atoms with E-state index in [0.29, 0.717) is 37.2 Å². The predicted octanol–water partition coefficient (Wildman–Crippen LogP) is 5.46. The monoisotopic (exact) mass is 488 g/mol. The predicted molar refractivity (Wildman–Crippen MR) is 131 cm³/mol. The summed E-state index contributed by atoms with van der Waals surface area (Å²) >= 11 is 0. The van der Waals surface area contributed by atoms with Gasteiger partial charge in [0.15, 0.2) is 0 Å². The zero-order chi connectivity index (χ0) is 25.5. The zero-order valence-electron chi connectivity index (χ0n) is 19.6. The van der Waals surface area contributed by atoms with Crippen LogP contribution in [-0.2, 0) is 9.47 Å². The van der Waals surface area contributed by atoms with Crippen molar-refractivity contribution in [2.45, 2.75) is 25.9 Å². The maximum Gasteiger partial charge on any atom is 0.508 e. The molecule has 0 saturated carbocycles. The second-order valence-electron chi connectivity index (χ2n) is 8.05. The van der Waals surface area contributed by atoms with Gasteiger partial charge in [-0.1, -0.05) is 24.3 Å². The van der Waals surface area contributed by atoms with Crippen LogP contribution in [0.3, 0.4) is 0 Å². The molecule has 1 aromatic heterocycles. The van der Waals surface area contributed by atoms with Crippen LogP contribution in [0.25, 0.3) is 11.1 Å². The lowest BCUT2D eigenvalue weighted by Crippen LogP contribution is -2.38. The summed E-state index contributed by atoms with van der Waals surface area (Å²) in [7, 11) is 0. The summed E-state index contributed by atoms with van der Waals surface area (Å²) in [5.41, 5.74) is 2.39. The Morgan fingerprint density at radius 1 is 1.08 bits per heavy atom. The molecule has 184 valence electrons. The second-order valence-corrected chi connectivity index (χ2v) is 8.05. The molecule has 4 rings (SSSR count). The molecule has 3 aromatic rings. The lowest BCUT2D eigenvalue weighted by molar-refractivity contribution is -0.384. The van der Waals surface area contributed by atoms with Crippen molar-refractivity contribution < 1.29 is 23.9 Å². The number of aromatic nitrogens is 1. The van der Waals surface area contributed by atoms with Crippen LogP contribution in [0.15, 0.2) is 60.7 Å². The van der Waals surface area contributed by atoms with Crippen LogP contribution in [0.1, 0.15) is 25.3 Å². The third kappa shape index (κ3) is 5.88. The lowest BCUT2D eigenvalue weighted by Gasteiger charge is -2.31. The number of nitrogens with zero attached hydrogens (tertiary/aromatic N) is 4. The molecular weight excluding hydrogens is 464 g/mol. The minimum absolute atomic E-state index is 0.122. The second kappa shape index (κ2) is 11.2. The average molecular weight is 489 g/mol. The van der Waals surface area contributed by atoms with Gasteiger partial charge in [0.1, 0.15) is 11.9 Å². The quantitative estimate of drug-likeness (QED) is 0.242. The Morgan fingerprint density at radius 2 is 1.72 bits per heavy atom. The minimum Gasteiger partial charge on any atom is -0.439 e. The highest BCUT2D eigenvalue weighted by atomic mass is 16.7. The largest absolute Gasteiger partial charge is 0.508 e. The van der Waals surface area contributed by atoms with Crippen LogP contribution in [-0.4, -0.2) is 41.9 Å². The van der Waals surface area contributed by atoms with E-state index in [-0.39, 0.29) is 30.1 Å². The van der Waals surface area contributed by atoms with Gasteiger partial charge in [-0.05, 0) is 42.3 Å². The molecule has 1 aliphatic heterocycles. The van der Waals surface area contributed by atoms with E-state index in [1.807, 2.05) is 24.3 Å². The first-order chi connectivity index (χ1) is 17.5. The molecule has 2 heterocycles. The topological polar surface area (TPSA) is 128 Å². The molecule has 10 nitrogen and oxygen atoms in total. The van der Waals surface area contributed by atoms with E-state index in [0.717, 1.165) is 11.1 Å². The number of carbonyl (C=O) groups is 1. The van der Waals surface area contributed by atoms with Crippen molar-refractivity contribution in [1.29, 1.82) is 5.26 Å². The third-order valence-electron chi connectivity index (χ3n) is 5.72. The Bertz CT molecular complexity index is 1260. The first-order valence-corrected chi connectivity index (χ1v) is 11.5. The van der Waals surface area contributed by atoms with Crippen molar-refractivity contribution in [2.24, 2.45) is 0 Å². The summed E-state index contributed by atoms with van der Waals surface area (Å²) in [6, 6.07) is 19.6. The van der Waals surface area contributed by atoms with Crippen LogP contribution in [0.4, 0.5) is 16.3 Å². The maximum absolute atomic E-state index is 11.6. The molecule has 10 heteroatoms. The molecule has 0 N–H and O–H groups in total. The third-order valence-corrected chi connectivity index (χ3v) is 5.72. The van der Waals surface area contributed by atoms with Crippen molar-refractivity contribution in [1.82, 2.24) is 4.98 Å². The number of nitriles is 1. The van der Waals surface area contributed by atoms with Crippen molar-refractivity contribution in [3.63, 3.8) is 0 Å². The number of anilines is 1. The van der Waals surface area contributed by atoms with Gasteiger partial charge in [0.2, 0.25) is 11.7 Å². The number of pyridine rings is 1. The number of piperidine rings is 1. The SMILES string of the molecule is CCOC(=O)OC1CCN(c2nc(Oc3ccc(-c4ccc(C#N)cc4)cc3)ccc2[N+](=O)[O-])CC1. The van der Waals surface area contributed by atoms with E-state index >= 15 is 0 Å². The molecule has 1 fully saturated rings. The fraction of sp³-hybridized carbons (Fsp3) is 0.269. The van der Waals surface area contributed by atoms with Gasteiger partial charge in [-0.25, -0.2) is 4.79 Å². The molecule has 36 heavy (non-hydrogen) atoms. The Hall–Kier alpha value is -4.65. The maximum atomic E-state index is 11.6. The van der Waals surface area contributed by atoms with E-state index in [4.69, 9.17) is 19.5 Å². The van der Waals surface area contributed by atoms with Crippen molar-refractivity contribution in [2.75, 3.05) is 24.6 Å². The number of hydrogen-bond donors (Lipinski definition) is 0. The normalized spacial score (nSPS) is 13.5. The number of nitro groups is 1. The Morgan fingerprint density at radius 3 is 2.31 bits per heavy atom. The van der Waals surface area contributed by atoms with Crippen molar-refractivity contribution in [3.8, 4) is 28.8 Å². The number of carbonyl (C=O) groups excluding carboxylic acids is 1. The van der Waals surface area contributed by atoms with Crippen LogP contribution >= 0.6 is 0 Å². The first kappa shape index (κ1) is 24.5. The molecule has 0 radical (unpaired) electrons. The molecule has 0 amide bonds. The number of ether oxygens (including phenoxy) is 3. The van der Waals surface area contributed by atoms with Gasteiger partial charge >= 0.3 is 11.8 Å². The molecule has 0 aliphatic carbocycles. The van der Waals surface area contributed by atoms with Crippen molar-refractivity contribution in [3.05, 3.63) is 76.3 Å². The lowest BCUT2D eigenvalue weighted by atomic mass is 10.0. The number of benzene rings is 2. The van der Waals surface area contributed by atoms with Gasteiger partial charge < -0.3 is 19.1 Å². The summed E-state index contributed by atoms with van der Waals surface area (Å²) in [6.07, 6.45) is -0.0203. The molecule has 0 atom stereocenters. The highest BCUT2D eigenvalue weighted by Crippen LogP contribution is 2.33. The fourth-order valence-electron chi connectivity index (χ4n) is 3.90. The minimum atomic E-state index is -0.708. The first-order valence-electron chi connectivity index (χ1n) is 11.5. The highest BCUT2D eigenvalue weighted by molar-refractivity contribution is 5.65. The summed E-state index contributed by atoms with van der Waals surface area (Å²) in [4.78, 5) is 28.9. The summed E-state index contributed by atoms with van der Waals surface area (Å²) < 4.78 is 16.0. The van der Waals surface area contributed by atoms with Crippen LogP contribution < -0.4 is 9.64 Å². The van der Waals surface area contributed by atoms with Gasteiger partial charge in [0.25, 0.3) is 0 Å². The molecule has 0 bridgehead atoms. The van der Waals surface area contributed by atoms with Gasteiger partial charge in [0, 0.05) is 38.1 Å². The van der Waals surface area contributed by atoms with Gasteiger partial charge in [-0.2, -0.15) is 10.2 Å². The Balaban J connectivity index is 1.46. The van der Waals surface area contributed by atoms with Crippen LogP contribution in [0.2, 0.25) is 0 Å². The van der Waals surface area contributed by atoms with Crippen LogP contribution in [0.5, 0.6) is 11.6 Å². The number of rotatable bonds is 7. The van der Waals surface area contributed by atoms with E-state index in [1.165, 1.54) is 12.1 Å². The van der Waals surface area contributed by atoms with E-state index in [9.17, 15) is 14.9 Å². The number of hydrogen-bond acceptors (Lipinski definition) is 9. The van der Waals surface area contributed by atoms with Gasteiger partial charge in [0.05, 0.1) is 23.2 Å². The molecule has 1 saturated heterocycles. The van der Waals surface area contributed by atoms with Gasteiger partial charge in [-0.3, -0.25) is 10.1 Å². The Kier molecular flexibility index (Phi) is 7.60. The summed E-state index contributed by atoms with van der Waals surface area (Å²) in [5.74, 6) is 0.967.